The highest BCUT2D eigenvalue weighted by Gasteiger charge is 2.31. The number of hydrogen-bond acceptors (Lipinski definition) is 4. The van der Waals surface area contributed by atoms with Crippen molar-refractivity contribution in [1.29, 1.82) is 0 Å². The minimum atomic E-state index is -1.52. The molecule has 1 heterocycles. The van der Waals surface area contributed by atoms with Gasteiger partial charge in [-0.15, -0.1) is 0 Å². The molecule has 21 heavy (non-hydrogen) atoms. The molecule has 0 unspecified atom stereocenters. The smallest absolute Gasteiger partial charge is 0.228 e. The molecular formula is C14H14F3N3O. The van der Waals surface area contributed by atoms with E-state index in [4.69, 9.17) is 10.3 Å². The van der Waals surface area contributed by atoms with Gasteiger partial charge in [-0.2, -0.15) is 4.98 Å². The molecule has 2 aromatic rings. The molecule has 4 nitrogen and oxygen atoms in total. The Morgan fingerprint density at radius 3 is 2.38 bits per heavy atom. The fraction of sp³-hybridized carbons (Fsp3) is 0.429. The Labute approximate surface area is 119 Å². The number of nitrogens with two attached hydrogens (primary N) is 1. The third kappa shape index (κ3) is 2.78. The van der Waals surface area contributed by atoms with E-state index in [1.54, 1.807) is 0 Å². The number of hydrogen-bond donors (Lipinski definition) is 1. The second kappa shape index (κ2) is 5.14. The summed E-state index contributed by atoms with van der Waals surface area (Å²) in [6.07, 6.45) is 4.30. The van der Waals surface area contributed by atoms with Crippen molar-refractivity contribution in [2.24, 2.45) is 5.73 Å². The largest absolute Gasteiger partial charge is 0.339 e. The molecule has 0 aliphatic heterocycles. The van der Waals surface area contributed by atoms with E-state index < -0.39 is 17.5 Å². The fourth-order valence-corrected chi connectivity index (χ4v) is 2.69. The predicted molar refractivity (Wildman–Crippen MR) is 68.7 cm³/mol. The van der Waals surface area contributed by atoms with E-state index >= 15 is 0 Å². The van der Waals surface area contributed by atoms with Gasteiger partial charge in [0.2, 0.25) is 11.7 Å². The SMILES string of the molecule is NC1(Cc2nc(-c3cc(F)c(F)c(F)c3)no2)CCCC1. The number of rotatable bonds is 3. The minimum Gasteiger partial charge on any atom is -0.339 e. The first-order valence-corrected chi connectivity index (χ1v) is 6.73. The van der Waals surface area contributed by atoms with Gasteiger partial charge in [-0.1, -0.05) is 18.0 Å². The maximum atomic E-state index is 13.2. The molecule has 1 aliphatic carbocycles. The van der Waals surface area contributed by atoms with Crippen molar-refractivity contribution in [3.63, 3.8) is 0 Å². The summed E-state index contributed by atoms with van der Waals surface area (Å²) in [5.74, 6) is -3.76. The van der Waals surface area contributed by atoms with Crippen molar-refractivity contribution < 1.29 is 17.7 Å². The second-order valence-corrected chi connectivity index (χ2v) is 5.51. The normalized spacial score (nSPS) is 17.3. The summed E-state index contributed by atoms with van der Waals surface area (Å²) in [6.45, 7) is 0. The minimum absolute atomic E-state index is 0.0180. The van der Waals surface area contributed by atoms with Crippen molar-refractivity contribution in [2.75, 3.05) is 0 Å². The third-order valence-corrected chi connectivity index (χ3v) is 3.81. The summed E-state index contributed by atoms with van der Waals surface area (Å²) in [5, 5.41) is 3.67. The van der Waals surface area contributed by atoms with Gasteiger partial charge in [-0.25, -0.2) is 13.2 Å². The Balaban J connectivity index is 1.85. The van der Waals surface area contributed by atoms with Crippen molar-refractivity contribution in [3.8, 4) is 11.4 Å². The second-order valence-electron chi connectivity index (χ2n) is 5.51. The first-order valence-electron chi connectivity index (χ1n) is 6.73. The first-order chi connectivity index (χ1) is 9.97. The van der Waals surface area contributed by atoms with Gasteiger partial charge in [0.05, 0.1) is 0 Å². The van der Waals surface area contributed by atoms with Crippen LogP contribution < -0.4 is 5.73 Å². The molecule has 1 aliphatic rings. The van der Waals surface area contributed by atoms with Crippen LogP contribution in [0.4, 0.5) is 13.2 Å². The monoisotopic (exact) mass is 297 g/mol. The van der Waals surface area contributed by atoms with Crippen LogP contribution in [-0.4, -0.2) is 15.7 Å². The zero-order chi connectivity index (χ0) is 15.0. The van der Waals surface area contributed by atoms with Crippen LogP contribution in [-0.2, 0) is 6.42 Å². The molecule has 7 heteroatoms. The Kier molecular flexibility index (Phi) is 3.44. The fourth-order valence-electron chi connectivity index (χ4n) is 2.69. The lowest BCUT2D eigenvalue weighted by molar-refractivity contribution is 0.329. The summed E-state index contributed by atoms with van der Waals surface area (Å²) < 4.78 is 44.4. The number of nitrogens with zero attached hydrogens (tertiary/aromatic N) is 2. The van der Waals surface area contributed by atoms with Crippen LogP contribution in [0.2, 0.25) is 0 Å². The summed E-state index contributed by atoms with van der Waals surface area (Å²) in [7, 11) is 0. The molecule has 1 fully saturated rings. The lowest BCUT2D eigenvalue weighted by atomic mass is 9.95. The van der Waals surface area contributed by atoms with E-state index in [0.29, 0.717) is 12.3 Å². The van der Waals surface area contributed by atoms with Crippen LogP contribution in [0, 0.1) is 17.5 Å². The standard InChI is InChI=1S/C14H14F3N3O/c15-9-5-8(6-10(16)12(9)17)13-19-11(21-20-13)7-14(18)3-1-2-4-14/h5-6H,1-4,7,18H2. The lowest BCUT2D eigenvalue weighted by Gasteiger charge is -2.20. The van der Waals surface area contributed by atoms with E-state index in [9.17, 15) is 13.2 Å². The average molecular weight is 297 g/mol. The Morgan fingerprint density at radius 1 is 1.14 bits per heavy atom. The molecule has 112 valence electrons. The molecule has 1 saturated carbocycles. The molecule has 3 rings (SSSR count). The van der Waals surface area contributed by atoms with Gasteiger partial charge in [-0.3, -0.25) is 0 Å². The van der Waals surface area contributed by atoms with E-state index in [1.807, 2.05) is 0 Å². The molecule has 0 radical (unpaired) electrons. The highest BCUT2D eigenvalue weighted by atomic mass is 19.2. The van der Waals surface area contributed by atoms with Crippen LogP contribution in [0.3, 0.4) is 0 Å². The van der Waals surface area contributed by atoms with Gasteiger partial charge in [0, 0.05) is 17.5 Å². The maximum Gasteiger partial charge on any atom is 0.228 e. The highest BCUT2D eigenvalue weighted by molar-refractivity contribution is 5.54. The van der Waals surface area contributed by atoms with Crippen LogP contribution in [0.15, 0.2) is 16.7 Å². The van der Waals surface area contributed by atoms with Crippen LogP contribution in [0.25, 0.3) is 11.4 Å². The van der Waals surface area contributed by atoms with Gasteiger partial charge in [0.15, 0.2) is 17.5 Å². The van der Waals surface area contributed by atoms with Crippen molar-refractivity contribution >= 4 is 0 Å². The first kappa shape index (κ1) is 14.1. The van der Waals surface area contributed by atoms with Crippen LogP contribution in [0.1, 0.15) is 31.6 Å². The van der Waals surface area contributed by atoms with Gasteiger partial charge < -0.3 is 10.3 Å². The van der Waals surface area contributed by atoms with Crippen molar-refractivity contribution in [3.05, 3.63) is 35.5 Å². The molecule has 1 aromatic heterocycles. The van der Waals surface area contributed by atoms with Gasteiger partial charge in [-0.05, 0) is 25.0 Å². The Bertz CT molecular complexity index is 642. The third-order valence-electron chi connectivity index (χ3n) is 3.81. The average Bonchev–Trinajstić information content (AvgIpc) is 3.05. The molecule has 0 bridgehead atoms. The molecule has 0 atom stereocenters. The van der Waals surface area contributed by atoms with Crippen LogP contribution >= 0.6 is 0 Å². The van der Waals surface area contributed by atoms with Gasteiger partial charge in [0.25, 0.3) is 0 Å². The summed E-state index contributed by atoms with van der Waals surface area (Å²) in [4.78, 5) is 4.09. The number of benzene rings is 1. The number of aromatic nitrogens is 2. The molecule has 0 amide bonds. The molecule has 0 spiro atoms. The van der Waals surface area contributed by atoms with E-state index in [2.05, 4.69) is 10.1 Å². The van der Waals surface area contributed by atoms with E-state index in [1.165, 1.54) is 0 Å². The molecule has 0 saturated heterocycles. The molecule has 1 aromatic carbocycles. The summed E-state index contributed by atoms with van der Waals surface area (Å²) in [5.41, 5.74) is 5.88. The Hall–Kier alpha value is -1.89. The van der Waals surface area contributed by atoms with Gasteiger partial charge in [0.1, 0.15) is 0 Å². The lowest BCUT2D eigenvalue weighted by Crippen LogP contribution is -2.38. The van der Waals surface area contributed by atoms with E-state index in [-0.39, 0.29) is 16.9 Å². The predicted octanol–water partition coefficient (Wildman–Crippen LogP) is 2.97. The zero-order valence-electron chi connectivity index (χ0n) is 11.2. The number of halogens is 3. The molecular weight excluding hydrogens is 283 g/mol. The van der Waals surface area contributed by atoms with Gasteiger partial charge >= 0.3 is 0 Å². The molecule has 2 N–H and O–H groups in total. The summed E-state index contributed by atoms with van der Waals surface area (Å²) in [6, 6.07) is 1.67. The van der Waals surface area contributed by atoms with Crippen molar-refractivity contribution in [1.82, 2.24) is 10.1 Å². The highest BCUT2D eigenvalue weighted by Crippen LogP contribution is 2.30. The maximum absolute atomic E-state index is 13.2. The summed E-state index contributed by atoms with van der Waals surface area (Å²) >= 11 is 0. The van der Waals surface area contributed by atoms with E-state index in [0.717, 1.165) is 37.8 Å². The van der Waals surface area contributed by atoms with Crippen molar-refractivity contribution in [2.45, 2.75) is 37.6 Å². The van der Waals surface area contributed by atoms with Crippen LogP contribution in [0.5, 0.6) is 0 Å². The zero-order valence-corrected chi connectivity index (χ0v) is 11.2. The quantitative estimate of drug-likeness (QED) is 0.885. The Morgan fingerprint density at radius 2 is 1.76 bits per heavy atom. The topological polar surface area (TPSA) is 64.9 Å².